The minimum absolute atomic E-state index is 0. The topological polar surface area (TPSA) is 54.0 Å². The predicted octanol–water partition coefficient (Wildman–Crippen LogP) is 3.67. The zero-order chi connectivity index (χ0) is 15.2. The van der Waals surface area contributed by atoms with Crippen LogP contribution < -0.4 is 10.6 Å². The van der Waals surface area contributed by atoms with E-state index < -0.39 is 0 Å². The molecule has 0 fully saturated rings. The molecule has 0 atom stereocenters. The van der Waals surface area contributed by atoms with Gasteiger partial charge in [-0.3, -0.25) is 4.79 Å². The fourth-order valence-electron chi connectivity index (χ4n) is 1.88. The van der Waals surface area contributed by atoms with Gasteiger partial charge in [0.15, 0.2) is 5.13 Å². The molecule has 4 nitrogen and oxygen atoms in total. The van der Waals surface area contributed by atoms with Crippen LogP contribution in [0, 0.1) is 6.92 Å². The monoisotopic (exact) mass is 359 g/mol. The van der Waals surface area contributed by atoms with E-state index in [1.807, 2.05) is 38.2 Å². The van der Waals surface area contributed by atoms with Crippen LogP contribution in [0.4, 0.5) is 5.13 Å². The van der Waals surface area contributed by atoms with Gasteiger partial charge in [0.05, 0.1) is 5.69 Å². The van der Waals surface area contributed by atoms with E-state index in [2.05, 4.69) is 15.6 Å². The Morgan fingerprint density at radius 1 is 1.36 bits per heavy atom. The Morgan fingerprint density at radius 3 is 2.77 bits per heavy atom. The lowest BCUT2D eigenvalue weighted by Gasteiger charge is -2.02. The Labute approximate surface area is 145 Å². The summed E-state index contributed by atoms with van der Waals surface area (Å²) in [5, 5.41) is 7.18. The second-order valence-electron chi connectivity index (χ2n) is 4.70. The number of aromatic nitrogens is 1. The Morgan fingerprint density at radius 2 is 2.09 bits per heavy atom. The maximum atomic E-state index is 11.7. The van der Waals surface area contributed by atoms with Crippen molar-refractivity contribution in [3.8, 4) is 0 Å². The Bertz CT molecular complexity index is 631. The summed E-state index contributed by atoms with van der Waals surface area (Å²) in [6.07, 6.45) is 1.17. The molecule has 0 unspecified atom stereocenters. The lowest BCUT2D eigenvalue weighted by molar-refractivity contribution is -0.116. The van der Waals surface area contributed by atoms with E-state index in [0.717, 1.165) is 27.6 Å². The number of amides is 1. The highest BCUT2D eigenvalue weighted by molar-refractivity contribution is 7.15. The summed E-state index contributed by atoms with van der Waals surface area (Å²) >= 11 is 7.69. The van der Waals surface area contributed by atoms with E-state index in [9.17, 15) is 4.79 Å². The molecule has 0 saturated carbocycles. The highest BCUT2D eigenvalue weighted by Crippen LogP contribution is 2.27. The molecule has 1 aromatic carbocycles. The van der Waals surface area contributed by atoms with Gasteiger partial charge in [-0.1, -0.05) is 29.8 Å². The molecule has 1 aromatic heterocycles. The molecule has 2 rings (SSSR count). The standard InChI is InChI=1S/C15H18ClN3OS.ClH/c1-10-13(9-11-5-3-4-6-12(11)16)21-15(18-10)19-14(20)7-8-17-2;/h3-6,17H,7-9H2,1-2H3,(H,18,19,20);1H. The predicted molar refractivity (Wildman–Crippen MR) is 95.5 cm³/mol. The Kier molecular flexibility index (Phi) is 7.82. The summed E-state index contributed by atoms with van der Waals surface area (Å²) in [7, 11) is 1.82. The van der Waals surface area contributed by atoms with Gasteiger partial charge in [-0.15, -0.1) is 23.7 Å². The third-order valence-corrected chi connectivity index (χ3v) is 4.49. The maximum Gasteiger partial charge on any atom is 0.227 e. The van der Waals surface area contributed by atoms with Crippen LogP contribution in [0.3, 0.4) is 0 Å². The number of carbonyl (C=O) groups excluding carboxylic acids is 1. The zero-order valence-electron chi connectivity index (χ0n) is 12.5. The van der Waals surface area contributed by atoms with Gasteiger partial charge in [-0.25, -0.2) is 4.98 Å². The van der Waals surface area contributed by atoms with Gasteiger partial charge >= 0.3 is 0 Å². The van der Waals surface area contributed by atoms with Crippen molar-refractivity contribution in [3.63, 3.8) is 0 Å². The average Bonchev–Trinajstić information content (AvgIpc) is 2.79. The largest absolute Gasteiger partial charge is 0.319 e. The molecule has 0 spiro atoms. The van der Waals surface area contributed by atoms with Gasteiger partial charge in [-0.2, -0.15) is 0 Å². The number of aryl methyl sites for hydroxylation is 1. The number of halogens is 2. The smallest absolute Gasteiger partial charge is 0.227 e. The van der Waals surface area contributed by atoms with Gasteiger partial charge < -0.3 is 10.6 Å². The Hall–Kier alpha value is -1.14. The van der Waals surface area contributed by atoms with Crippen molar-refractivity contribution in [2.45, 2.75) is 19.8 Å². The number of hydrogen-bond donors (Lipinski definition) is 2. The molecule has 2 N–H and O–H groups in total. The number of hydrogen-bond acceptors (Lipinski definition) is 4. The molecule has 1 amide bonds. The first kappa shape index (κ1) is 18.9. The summed E-state index contributed by atoms with van der Waals surface area (Å²) in [6.45, 7) is 2.61. The normalized spacial score (nSPS) is 10.1. The number of carbonyl (C=O) groups is 1. The van der Waals surface area contributed by atoms with Gasteiger partial charge in [0.2, 0.25) is 5.91 Å². The molecule has 0 aliphatic carbocycles. The van der Waals surface area contributed by atoms with Crippen LogP contribution in [-0.2, 0) is 11.2 Å². The maximum absolute atomic E-state index is 11.7. The summed E-state index contributed by atoms with van der Waals surface area (Å²) < 4.78 is 0. The number of anilines is 1. The fourth-order valence-corrected chi connectivity index (χ4v) is 3.08. The SMILES string of the molecule is CNCCC(=O)Nc1nc(C)c(Cc2ccccc2Cl)s1.Cl. The lowest BCUT2D eigenvalue weighted by atomic mass is 10.1. The number of benzene rings is 1. The average molecular weight is 360 g/mol. The van der Waals surface area contributed by atoms with E-state index in [1.54, 1.807) is 0 Å². The van der Waals surface area contributed by atoms with Crippen LogP contribution in [-0.4, -0.2) is 24.5 Å². The second-order valence-corrected chi connectivity index (χ2v) is 6.19. The molecule has 1 heterocycles. The quantitative estimate of drug-likeness (QED) is 0.827. The van der Waals surface area contributed by atoms with Gasteiger partial charge in [0.25, 0.3) is 0 Å². The molecule has 120 valence electrons. The highest BCUT2D eigenvalue weighted by Gasteiger charge is 2.11. The molecular weight excluding hydrogens is 341 g/mol. The van der Waals surface area contributed by atoms with E-state index in [-0.39, 0.29) is 18.3 Å². The molecule has 22 heavy (non-hydrogen) atoms. The van der Waals surface area contributed by atoms with Crippen molar-refractivity contribution >= 4 is 46.4 Å². The van der Waals surface area contributed by atoms with Crippen LogP contribution in [0.5, 0.6) is 0 Å². The number of thiazole rings is 1. The molecule has 0 aliphatic heterocycles. The highest BCUT2D eigenvalue weighted by atomic mass is 35.5. The minimum atomic E-state index is -0.0256. The molecule has 0 aliphatic rings. The van der Waals surface area contributed by atoms with E-state index in [4.69, 9.17) is 11.6 Å². The first-order valence-electron chi connectivity index (χ1n) is 6.74. The van der Waals surface area contributed by atoms with Crippen LogP contribution in [0.2, 0.25) is 5.02 Å². The summed E-state index contributed by atoms with van der Waals surface area (Å²) in [5.74, 6) is -0.0256. The molecule has 2 aromatic rings. The third-order valence-electron chi connectivity index (χ3n) is 3.05. The van der Waals surface area contributed by atoms with Crippen molar-refractivity contribution in [2.75, 3.05) is 18.9 Å². The minimum Gasteiger partial charge on any atom is -0.319 e. The molecule has 0 saturated heterocycles. The van der Waals surface area contributed by atoms with Crippen LogP contribution in [0.25, 0.3) is 0 Å². The molecule has 7 heteroatoms. The van der Waals surface area contributed by atoms with Crippen molar-refractivity contribution in [1.82, 2.24) is 10.3 Å². The zero-order valence-corrected chi connectivity index (χ0v) is 14.9. The number of nitrogens with one attached hydrogen (secondary N) is 2. The number of rotatable bonds is 6. The first-order valence-corrected chi connectivity index (χ1v) is 7.93. The van der Waals surface area contributed by atoms with Crippen LogP contribution >= 0.6 is 35.3 Å². The molecule has 0 radical (unpaired) electrons. The van der Waals surface area contributed by atoms with Crippen molar-refractivity contribution in [2.24, 2.45) is 0 Å². The summed E-state index contributed by atoms with van der Waals surface area (Å²) in [6, 6.07) is 7.77. The van der Waals surface area contributed by atoms with Crippen LogP contribution in [0.1, 0.15) is 22.6 Å². The Balaban J connectivity index is 0.00000242. The second kappa shape index (κ2) is 9.10. The van der Waals surface area contributed by atoms with Gasteiger partial charge in [0.1, 0.15) is 0 Å². The lowest BCUT2D eigenvalue weighted by Crippen LogP contribution is -2.18. The third kappa shape index (κ3) is 5.25. The van der Waals surface area contributed by atoms with Crippen LogP contribution in [0.15, 0.2) is 24.3 Å². The van der Waals surface area contributed by atoms with E-state index in [1.165, 1.54) is 11.3 Å². The first-order chi connectivity index (χ1) is 10.1. The van der Waals surface area contributed by atoms with E-state index >= 15 is 0 Å². The van der Waals surface area contributed by atoms with Crippen molar-refractivity contribution in [3.05, 3.63) is 45.4 Å². The van der Waals surface area contributed by atoms with E-state index in [0.29, 0.717) is 18.1 Å². The molecular formula is C15H19Cl2N3OS. The van der Waals surface area contributed by atoms with Crippen molar-refractivity contribution < 1.29 is 4.79 Å². The van der Waals surface area contributed by atoms with Gasteiger partial charge in [0, 0.05) is 29.3 Å². The summed E-state index contributed by atoms with van der Waals surface area (Å²) in [4.78, 5) is 17.2. The van der Waals surface area contributed by atoms with Crippen molar-refractivity contribution in [1.29, 1.82) is 0 Å². The fraction of sp³-hybridized carbons (Fsp3) is 0.333. The number of nitrogens with zero attached hydrogens (tertiary/aromatic N) is 1. The van der Waals surface area contributed by atoms with Gasteiger partial charge in [-0.05, 0) is 25.6 Å². The molecule has 0 bridgehead atoms. The summed E-state index contributed by atoms with van der Waals surface area (Å²) in [5.41, 5.74) is 2.00.